The predicted octanol–water partition coefficient (Wildman–Crippen LogP) is -1.65. The summed E-state index contributed by atoms with van der Waals surface area (Å²) in [7, 11) is 0. The third kappa shape index (κ3) is 7.67. The number of ether oxygens (including phenoxy) is 4. The first-order valence-electron chi connectivity index (χ1n) is 9.44. The van der Waals surface area contributed by atoms with E-state index in [1.54, 1.807) is 24.3 Å². The lowest BCUT2D eigenvalue weighted by atomic mass is 9.99. The molecule has 1 aliphatic heterocycles. The molecule has 0 radical (unpaired) electrons. The van der Waals surface area contributed by atoms with Gasteiger partial charge in [0.2, 0.25) is 0 Å². The summed E-state index contributed by atoms with van der Waals surface area (Å²) in [6.45, 7) is -0.175. The van der Waals surface area contributed by atoms with Crippen molar-refractivity contribution in [2.24, 2.45) is 0 Å². The maximum Gasteiger partial charge on any atom is 0.330 e. The van der Waals surface area contributed by atoms with Crippen LogP contribution in [0, 0.1) is 0 Å². The Labute approximate surface area is 178 Å². The fourth-order valence-electron chi connectivity index (χ4n) is 2.70. The maximum absolute atomic E-state index is 11.8. The van der Waals surface area contributed by atoms with E-state index in [4.69, 9.17) is 24.1 Å². The molecule has 1 aliphatic rings. The van der Waals surface area contributed by atoms with Gasteiger partial charge in [-0.05, 0) is 23.8 Å². The normalized spacial score (nSPS) is 27.1. The highest BCUT2D eigenvalue weighted by Gasteiger charge is 2.44. The number of hydrogen-bond donors (Lipinski definition) is 5. The summed E-state index contributed by atoms with van der Waals surface area (Å²) in [6, 6.07) is 6.46. The van der Waals surface area contributed by atoms with Gasteiger partial charge in [0.25, 0.3) is 0 Å². The fraction of sp³-hybridized carbons (Fsp3) is 0.500. The number of esters is 2. The van der Waals surface area contributed by atoms with Gasteiger partial charge in [-0.2, -0.15) is 0 Å². The average molecular weight is 442 g/mol. The molecule has 172 valence electrons. The van der Waals surface area contributed by atoms with Crippen molar-refractivity contribution in [1.29, 1.82) is 0 Å². The first-order valence-corrected chi connectivity index (χ1v) is 9.44. The Bertz CT molecular complexity index is 763. The third-order valence-corrected chi connectivity index (χ3v) is 4.25. The Hall–Kier alpha value is -2.38. The minimum atomic E-state index is -1.60. The molecule has 0 aromatic heterocycles. The van der Waals surface area contributed by atoms with Crippen molar-refractivity contribution in [3.8, 4) is 5.75 Å². The number of benzene rings is 1. The van der Waals surface area contributed by atoms with Gasteiger partial charge in [-0.25, -0.2) is 4.79 Å². The van der Waals surface area contributed by atoms with Gasteiger partial charge in [-0.1, -0.05) is 12.1 Å². The second-order valence-corrected chi connectivity index (χ2v) is 6.81. The molecule has 31 heavy (non-hydrogen) atoms. The van der Waals surface area contributed by atoms with Crippen LogP contribution in [0.4, 0.5) is 0 Å². The molecule has 5 N–H and O–H groups in total. The number of rotatable bonds is 9. The van der Waals surface area contributed by atoms with Crippen LogP contribution in [0.15, 0.2) is 30.3 Å². The lowest BCUT2D eigenvalue weighted by Gasteiger charge is -2.39. The Morgan fingerprint density at radius 3 is 2.58 bits per heavy atom. The molecule has 0 spiro atoms. The van der Waals surface area contributed by atoms with E-state index >= 15 is 0 Å². The first-order chi connectivity index (χ1) is 14.7. The van der Waals surface area contributed by atoms with Crippen LogP contribution >= 0.6 is 0 Å². The topological polar surface area (TPSA) is 172 Å². The molecule has 11 heteroatoms. The Morgan fingerprint density at radius 2 is 1.90 bits per heavy atom. The summed E-state index contributed by atoms with van der Waals surface area (Å²) in [5, 5.41) is 48.3. The van der Waals surface area contributed by atoms with E-state index in [-0.39, 0.29) is 0 Å². The van der Waals surface area contributed by atoms with Crippen molar-refractivity contribution >= 4 is 18.0 Å². The molecule has 0 aliphatic carbocycles. The van der Waals surface area contributed by atoms with Gasteiger partial charge in [-0.3, -0.25) is 4.79 Å². The lowest BCUT2D eigenvalue weighted by Crippen LogP contribution is -2.59. The molecule has 0 bridgehead atoms. The second kappa shape index (κ2) is 11.9. The SMILES string of the molecule is CC(=O)Oc1cccc(C=CC(=O)OC[C@@H](O)COC2OC(CO)C(O)C(O)C2O)c1. The van der Waals surface area contributed by atoms with Gasteiger partial charge < -0.3 is 44.5 Å². The number of aliphatic hydroxyl groups is 5. The fourth-order valence-corrected chi connectivity index (χ4v) is 2.70. The Balaban J connectivity index is 1.77. The van der Waals surface area contributed by atoms with Gasteiger partial charge in [0.05, 0.1) is 13.2 Å². The second-order valence-electron chi connectivity index (χ2n) is 6.81. The van der Waals surface area contributed by atoms with Crippen molar-refractivity contribution in [2.45, 2.75) is 43.7 Å². The smallest absolute Gasteiger partial charge is 0.330 e. The molecule has 0 amide bonds. The van der Waals surface area contributed by atoms with Gasteiger partial charge in [0.15, 0.2) is 6.29 Å². The van der Waals surface area contributed by atoms with Crippen molar-refractivity contribution in [1.82, 2.24) is 0 Å². The Kier molecular flexibility index (Phi) is 9.52. The van der Waals surface area contributed by atoms with Crippen LogP contribution in [0.1, 0.15) is 12.5 Å². The van der Waals surface area contributed by atoms with Crippen LogP contribution in [0.5, 0.6) is 5.75 Å². The highest BCUT2D eigenvalue weighted by molar-refractivity contribution is 5.87. The number of aliphatic hydroxyl groups excluding tert-OH is 5. The standard InChI is InChI=1S/C20H26O11/c1-11(22)30-14-4-2-3-12(7-14)5-6-16(24)28-9-13(23)10-29-20-19(27)18(26)17(25)15(8-21)31-20/h2-7,13,15,17-21,23,25-27H,8-10H2,1H3/t13-,15?,17?,18?,19?,20?/m1/s1. The molecule has 2 rings (SSSR count). The average Bonchev–Trinajstić information content (AvgIpc) is 2.74. The quantitative estimate of drug-likeness (QED) is 0.168. The summed E-state index contributed by atoms with van der Waals surface area (Å²) in [5.41, 5.74) is 0.585. The maximum atomic E-state index is 11.8. The van der Waals surface area contributed by atoms with E-state index in [1.807, 2.05) is 0 Å². The van der Waals surface area contributed by atoms with Crippen molar-refractivity contribution in [3.63, 3.8) is 0 Å². The monoisotopic (exact) mass is 442 g/mol. The molecular weight excluding hydrogens is 416 g/mol. The van der Waals surface area contributed by atoms with Crippen LogP contribution in [-0.4, -0.2) is 94.1 Å². The highest BCUT2D eigenvalue weighted by atomic mass is 16.7. The van der Waals surface area contributed by atoms with Gasteiger partial charge in [-0.15, -0.1) is 0 Å². The van der Waals surface area contributed by atoms with Crippen LogP contribution in [0.3, 0.4) is 0 Å². The zero-order valence-electron chi connectivity index (χ0n) is 16.7. The molecule has 11 nitrogen and oxygen atoms in total. The van der Waals surface area contributed by atoms with E-state index in [2.05, 4.69) is 0 Å². The zero-order valence-corrected chi connectivity index (χ0v) is 16.7. The summed E-state index contributed by atoms with van der Waals surface area (Å²) in [4.78, 5) is 22.8. The molecule has 1 heterocycles. The van der Waals surface area contributed by atoms with Crippen LogP contribution < -0.4 is 4.74 Å². The Morgan fingerprint density at radius 1 is 1.16 bits per heavy atom. The highest BCUT2D eigenvalue weighted by Crippen LogP contribution is 2.22. The summed E-state index contributed by atoms with van der Waals surface area (Å²) in [5.74, 6) is -0.894. The summed E-state index contributed by atoms with van der Waals surface area (Å²) in [6.07, 6.45) is -5.96. The van der Waals surface area contributed by atoms with Crippen molar-refractivity contribution in [3.05, 3.63) is 35.9 Å². The van der Waals surface area contributed by atoms with E-state index in [1.165, 1.54) is 13.0 Å². The molecular formula is C20H26O11. The summed E-state index contributed by atoms with van der Waals surface area (Å²) < 4.78 is 20.1. The molecule has 1 aromatic rings. The molecule has 1 aromatic carbocycles. The minimum absolute atomic E-state index is 0.323. The zero-order chi connectivity index (χ0) is 23.0. The molecule has 1 saturated heterocycles. The van der Waals surface area contributed by atoms with Gasteiger partial charge >= 0.3 is 11.9 Å². The van der Waals surface area contributed by atoms with Crippen LogP contribution in [0.25, 0.3) is 6.08 Å². The number of carbonyl (C=O) groups is 2. The van der Waals surface area contributed by atoms with E-state index in [0.717, 1.165) is 6.08 Å². The third-order valence-electron chi connectivity index (χ3n) is 4.25. The largest absolute Gasteiger partial charge is 0.460 e. The van der Waals surface area contributed by atoms with Crippen LogP contribution in [0.2, 0.25) is 0 Å². The molecule has 1 fully saturated rings. The molecule has 6 atom stereocenters. The predicted molar refractivity (Wildman–Crippen MR) is 103 cm³/mol. The number of hydrogen-bond acceptors (Lipinski definition) is 11. The van der Waals surface area contributed by atoms with Crippen LogP contribution in [-0.2, 0) is 23.8 Å². The van der Waals surface area contributed by atoms with Gasteiger partial charge in [0, 0.05) is 13.0 Å². The van der Waals surface area contributed by atoms with Gasteiger partial charge in [0.1, 0.15) is 42.9 Å². The lowest BCUT2D eigenvalue weighted by molar-refractivity contribution is -0.304. The van der Waals surface area contributed by atoms with E-state index in [9.17, 15) is 30.0 Å². The molecule has 0 saturated carbocycles. The van der Waals surface area contributed by atoms with E-state index < -0.39 is 68.6 Å². The first kappa shape index (κ1) is 24.9. The molecule has 5 unspecified atom stereocenters. The van der Waals surface area contributed by atoms with E-state index in [0.29, 0.717) is 11.3 Å². The number of carbonyl (C=O) groups excluding carboxylic acids is 2. The van der Waals surface area contributed by atoms with Crippen molar-refractivity contribution in [2.75, 3.05) is 19.8 Å². The van der Waals surface area contributed by atoms with Crippen molar-refractivity contribution < 1.29 is 54.1 Å². The minimum Gasteiger partial charge on any atom is -0.460 e. The summed E-state index contributed by atoms with van der Waals surface area (Å²) >= 11 is 0.